The van der Waals surface area contributed by atoms with E-state index in [1.165, 1.54) is 15.5 Å². The highest BCUT2D eigenvalue weighted by Crippen LogP contribution is 2.23. The molecule has 1 amide bonds. The Labute approximate surface area is 170 Å². The fourth-order valence-electron chi connectivity index (χ4n) is 3.51. The summed E-state index contributed by atoms with van der Waals surface area (Å²) < 4.78 is 3.56. The molecule has 1 aliphatic rings. The SMILES string of the molecule is CC1CCCN(c2nccn3c(=O)n(CC(=O)Nc4ccc(Br)cc4)nc23)C1. The van der Waals surface area contributed by atoms with Crippen LogP contribution in [0.1, 0.15) is 19.8 Å². The maximum absolute atomic E-state index is 12.7. The first-order valence-corrected chi connectivity index (χ1v) is 10.0. The zero-order valence-electron chi connectivity index (χ0n) is 15.5. The van der Waals surface area contributed by atoms with Crippen molar-refractivity contribution in [2.24, 2.45) is 5.92 Å². The third-order valence-electron chi connectivity index (χ3n) is 4.86. The van der Waals surface area contributed by atoms with Gasteiger partial charge in [-0.3, -0.25) is 4.79 Å². The summed E-state index contributed by atoms with van der Waals surface area (Å²) in [7, 11) is 0. The fraction of sp³-hybridized carbons (Fsp3) is 0.368. The van der Waals surface area contributed by atoms with Gasteiger partial charge in [0.1, 0.15) is 6.54 Å². The maximum atomic E-state index is 12.7. The number of nitrogens with zero attached hydrogens (tertiary/aromatic N) is 5. The number of amides is 1. The van der Waals surface area contributed by atoms with Gasteiger partial charge in [-0.2, -0.15) is 0 Å². The summed E-state index contributed by atoms with van der Waals surface area (Å²) in [5, 5.41) is 7.18. The second kappa shape index (κ2) is 7.75. The van der Waals surface area contributed by atoms with Crippen LogP contribution in [0.5, 0.6) is 0 Å². The molecule has 1 saturated heterocycles. The average Bonchev–Trinajstić information content (AvgIpc) is 2.99. The quantitative estimate of drug-likeness (QED) is 0.668. The highest BCUT2D eigenvalue weighted by molar-refractivity contribution is 9.10. The van der Waals surface area contributed by atoms with Crippen LogP contribution in [-0.2, 0) is 11.3 Å². The third-order valence-corrected chi connectivity index (χ3v) is 5.39. The number of anilines is 2. The molecular weight excluding hydrogens is 424 g/mol. The molecule has 8 nitrogen and oxygen atoms in total. The van der Waals surface area contributed by atoms with E-state index in [1.807, 2.05) is 12.1 Å². The van der Waals surface area contributed by atoms with Crippen LogP contribution in [0.2, 0.25) is 0 Å². The molecule has 2 aromatic heterocycles. The van der Waals surface area contributed by atoms with Crippen molar-refractivity contribution in [2.45, 2.75) is 26.3 Å². The van der Waals surface area contributed by atoms with Crippen molar-refractivity contribution < 1.29 is 4.79 Å². The van der Waals surface area contributed by atoms with Crippen molar-refractivity contribution in [2.75, 3.05) is 23.3 Å². The molecule has 0 radical (unpaired) electrons. The lowest BCUT2D eigenvalue weighted by atomic mass is 10.0. The molecule has 9 heteroatoms. The minimum Gasteiger partial charge on any atom is -0.353 e. The van der Waals surface area contributed by atoms with E-state index >= 15 is 0 Å². The van der Waals surface area contributed by atoms with Gasteiger partial charge < -0.3 is 10.2 Å². The number of aromatic nitrogens is 4. The summed E-state index contributed by atoms with van der Waals surface area (Å²) in [5.41, 5.74) is 0.794. The van der Waals surface area contributed by atoms with Crippen molar-refractivity contribution in [3.8, 4) is 0 Å². The van der Waals surface area contributed by atoms with Crippen LogP contribution in [0.3, 0.4) is 0 Å². The molecule has 3 aromatic rings. The van der Waals surface area contributed by atoms with Crippen LogP contribution in [0.15, 0.2) is 45.9 Å². The van der Waals surface area contributed by atoms with Gasteiger partial charge in [-0.05, 0) is 43.0 Å². The highest BCUT2D eigenvalue weighted by Gasteiger charge is 2.22. The van der Waals surface area contributed by atoms with Crippen molar-refractivity contribution >= 4 is 39.0 Å². The fourth-order valence-corrected chi connectivity index (χ4v) is 3.78. The number of hydrogen-bond donors (Lipinski definition) is 1. The first-order chi connectivity index (χ1) is 13.5. The Morgan fingerprint density at radius 1 is 1.32 bits per heavy atom. The van der Waals surface area contributed by atoms with Crippen molar-refractivity contribution in [3.63, 3.8) is 0 Å². The molecule has 4 rings (SSSR count). The normalized spacial score (nSPS) is 17.1. The summed E-state index contributed by atoms with van der Waals surface area (Å²) in [6.07, 6.45) is 5.48. The molecule has 1 fully saturated rings. The molecular formula is C19H21BrN6O2. The van der Waals surface area contributed by atoms with E-state index in [4.69, 9.17) is 0 Å². The largest absolute Gasteiger partial charge is 0.353 e. The number of hydrogen-bond acceptors (Lipinski definition) is 5. The first kappa shape index (κ1) is 18.7. The summed E-state index contributed by atoms with van der Waals surface area (Å²) in [5.74, 6) is 0.952. The number of fused-ring (bicyclic) bond motifs is 1. The van der Waals surface area contributed by atoms with Gasteiger partial charge in [0.2, 0.25) is 11.6 Å². The topological polar surface area (TPSA) is 84.5 Å². The molecule has 1 unspecified atom stereocenters. The Bertz CT molecular complexity index is 1060. The van der Waals surface area contributed by atoms with E-state index in [9.17, 15) is 9.59 Å². The van der Waals surface area contributed by atoms with Crippen LogP contribution >= 0.6 is 15.9 Å². The molecule has 146 valence electrons. The number of carbonyl (C=O) groups excluding carboxylic acids is 1. The monoisotopic (exact) mass is 444 g/mol. The second-order valence-corrected chi connectivity index (χ2v) is 8.05. The van der Waals surface area contributed by atoms with E-state index in [2.05, 4.69) is 43.2 Å². The zero-order valence-corrected chi connectivity index (χ0v) is 17.1. The molecule has 28 heavy (non-hydrogen) atoms. The second-order valence-electron chi connectivity index (χ2n) is 7.13. The van der Waals surface area contributed by atoms with Crippen LogP contribution in [-0.4, -0.2) is 38.2 Å². The number of piperidine rings is 1. The van der Waals surface area contributed by atoms with Gasteiger partial charge in [0.15, 0.2) is 5.82 Å². The smallest absolute Gasteiger partial charge is 0.350 e. The van der Waals surface area contributed by atoms with Crippen LogP contribution in [0.25, 0.3) is 5.65 Å². The van der Waals surface area contributed by atoms with Crippen molar-refractivity contribution in [3.05, 3.63) is 51.6 Å². The first-order valence-electron chi connectivity index (χ1n) is 9.26. The van der Waals surface area contributed by atoms with E-state index in [1.54, 1.807) is 24.5 Å². The van der Waals surface area contributed by atoms with Gasteiger partial charge in [0.25, 0.3) is 0 Å². The Hall–Kier alpha value is -2.68. The Kier molecular flexibility index (Phi) is 5.17. The van der Waals surface area contributed by atoms with E-state index < -0.39 is 0 Å². The lowest BCUT2D eigenvalue weighted by molar-refractivity contribution is -0.117. The van der Waals surface area contributed by atoms with Gasteiger partial charge in [-0.1, -0.05) is 22.9 Å². The maximum Gasteiger partial charge on any atom is 0.350 e. The molecule has 1 atom stereocenters. The lowest BCUT2D eigenvalue weighted by Gasteiger charge is -2.31. The van der Waals surface area contributed by atoms with Gasteiger partial charge >= 0.3 is 5.69 Å². The third kappa shape index (κ3) is 3.80. The molecule has 0 aliphatic carbocycles. The van der Waals surface area contributed by atoms with Gasteiger partial charge in [-0.25, -0.2) is 18.9 Å². The van der Waals surface area contributed by atoms with E-state index in [0.717, 1.165) is 24.0 Å². The van der Waals surface area contributed by atoms with Gasteiger partial charge in [0, 0.05) is 35.6 Å². The van der Waals surface area contributed by atoms with Gasteiger partial charge in [0.05, 0.1) is 0 Å². The molecule has 0 saturated carbocycles. The standard InChI is InChI=1S/C19H21BrN6O2/c1-13-3-2-9-24(11-13)17-18-23-26(19(28)25(18)10-8-21-17)12-16(27)22-15-6-4-14(20)5-7-15/h4-8,10,13H,2-3,9,11-12H2,1H3,(H,22,27). The minimum atomic E-state index is -0.352. The Balaban J connectivity index is 1.59. The predicted molar refractivity (Wildman–Crippen MR) is 111 cm³/mol. The van der Waals surface area contributed by atoms with Crippen LogP contribution in [0.4, 0.5) is 11.5 Å². The van der Waals surface area contributed by atoms with E-state index in [-0.39, 0.29) is 18.1 Å². The molecule has 1 aromatic carbocycles. The van der Waals surface area contributed by atoms with Crippen LogP contribution in [0, 0.1) is 5.92 Å². The molecule has 0 bridgehead atoms. The van der Waals surface area contributed by atoms with Gasteiger partial charge in [-0.15, -0.1) is 5.10 Å². The molecule has 3 heterocycles. The Morgan fingerprint density at radius 2 is 2.11 bits per heavy atom. The van der Waals surface area contributed by atoms with Crippen LogP contribution < -0.4 is 15.9 Å². The summed E-state index contributed by atoms with van der Waals surface area (Å²) in [6, 6.07) is 7.25. The summed E-state index contributed by atoms with van der Waals surface area (Å²) in [4.78, 5) is 31.7. The number of halogens is 1. The molecule has 0 spiro atoms. The lowest BCUT2D eigenvalue weighted by Crippen LogP contribution is -2.35. The number of carbonyl (C=O) groups is 1. The minimum absolute atomic E-state index is 0.160. The highest BCUT2D eigenvalue weighted by atomic mass is 79.9. The van der Waals surface area contributed by atoms with E-state index in [0.29, 0.717) is 23.1 Å². The Morgan fingerprint density at radius 3 is 2.86 bits per heavy atom. The molecule has 1 N–H and O–H groups in total. The molecule has 1 aliphatic heterocycles. The number of benzene rings is 1. The number of nitrogens with one attached hydrogen (secondary N) is 1. The van der Waals surface area contributed by atoms with Crippen molar-refractivity contribution in [1.82, 2.24) is 19.2 Å². The number of rotatable bonds is 4. The predicted octanol–water partition coefficient (Wildman–Crippen LogP) is 2.53. The van der Waals surface area contributed by atoms with Crippen molar-refractivity contribution in [1.29, 1.82) is 0 Å². The summed E-state index contributed by atoms with van der Waals surface area (Å²) in [6.45, 7) is 3.83. The zero-order chi connectivity index (χ0) is 19.7. The summed E-state index contributed by atoms with van der Waals surface area (Å²) >= 11 is 3.36. The average molecular weight is 445 g/mol.